The predicted octanol–water partition coefficient (Wildman–Crippen LogP) is 2.48. The van der Waals surface area contributed by atoms with Crippen molar-refractivity contribution in [2.24, 2.45) is 0 Å². The van der Waals surface area contributed by atoms with Crippen LogP contribution < -0.4 is 9.47 Å². The van der Waals surface area contributed by atoms with Gasteiger partial charge < -0.3 is 18.9 Å². The zero-order chi connectivity index (χ0) is 18.9. The van der Waals surface area contributed by atoms with Gasteiger partial charge in [0.05, 0.1) is 11.4 Å². The van der Waals surface area contributed by atoms with Crippen molar-refractivity contribution in [3.8, 4) is 22.3 Å². The molecule has 0 aliphatic carbocycles. The number of hydrogen-bond acceptors (Lipinski definition) is 8. The van der Waals surface area contributed by atoms with Gasteiger partial charge in [-0.2, -0.15) is 4.98 Å². The zero-order valence-corrected chi connectivity index (χ0v) is 15.9. The van der Waals surface area contributed by atoms with Gasteiger partial charge >= 0.3 is 0 Å². The fourth-order valence-corrected chi connectivity index (χ4v) is 3.98. The number of hydrogen-bond donors (Lipinski definition) is 0. The third-order valence-corrected chi connectivity index (χ3v) is 5.70. The van der Waals surface area contributed by atoms with E-state index in [2.05, 4.69) is 15.0 Å². The number of carbonyl (C=O) groups excluding carboxylic acids is 1. The van der Waals surface area contributed by atoms with E-state index in [1.54, 1.807) is 29.5 Å². The van der Waals surface area contributed by atoms with Gasteiger partial charge in [-0.05, 0) is 29.6 Å². The number of benzene rings is 1. The number of rotatable bonds is 4. The standard InChI is InChI=1S/C19H18N4O4S/c24-19(13-3-4-14-15(10-13)26-12-25-14)23-7-5-22(6-8-23)11-17-20-18(27-21-17)16-2-1-9-28-16/h1-4,9-10H,5-8,11-12H2. The molecule has 0 atom stereocenters. The molecular formula is C19H18N4O4S. The van der Waals surface area contributed by atoms with Gasteiger partial charge in [-0.1, -0.05) is 11.2 Å². The smallest absolute Gasteiger partial charge is 0.268 e. The van der Waals surface area contributed by atoms with Crippen molar-refractivity contribution in [2.45, 2.75) is 6.54 Å². The van der Waals surface area contributed by atoms with Crippen LogP contribution >= 0.6 is 11.3 Å². The second-order valence-corrected chi connectivity index (χ2v) is 7.58. The van der Waals surface area contributed by atoms with Gasteiger partial charge in [-0.3, -0.25) is 9.69 Å². The molecule has 0 unspecified atom stereocenters. The molecular weight excluding hydrogens is 380 g/mol. The summed E-state index contributed by atoms with van der Waals surface area (Å²) < 4.78 is 16.0. The highest BCUT2D eigenvalue weighted by Gasteiger charge is 2.25. The molecule has 2 aliphatic rings. The Balaban J connectivity index is 1.18. The van der Waals surface area contributed by atoms with E-state index in [-0.39, 0.29) is 12.7 Å². The van der Waals surface area contributed by atoms with Crippen molar-refractivity contribution >= 4 is 17.2 Å². The first-order valence-corrected chi connectivity index (χ1v) is 9.92. The van der Waals surface area contributed by atoms with Gasteiger partial charge in [-0.15, -0.1) is 11.3 Å². The molecule has 2 aromatic heterocycles. The van der Waals surface area contributed by atoms with E-state index in [0.717, 1.165) is 18.0 Å². The molecule has 1 saturated heterocycles. The number of aromatic nitrogens is 2. The molecule has 1 fully saturated rings. The van der Waals surface area contributed by atoms with E-state index >= 15 is 0 Å². The van der Waals surface area contributed by atoms with Gasteiger partial charge in [-0.25, -0.2) is 0 Å². The first-order valence-electron chi connectivity index (χ1n) is 9.04. The zero-order valence-electron chi connectivity index (χ0n) is 15.0. The second kappa shape index (κ2) is 7.25. The number of ether oxygens (including phenoxy) is 2. The highest BCUT2D eigenvalue weighted by atomic mass is 32.1. The van der Waals surface area contributed by atoms with E-state index in [1.807, 2.05) is 22.4 Å². The molecule has 0 bridgehead atoms. The van der Waals surface area contributed by atoms with E-state index in [4.69, 9.17) is 14.0 Å². The topological polar surface area (TPSA) is 80.9 Å². The third-order valence-electron chi connectivity index (χ3n) is 4.84. The van der Waals surface area contributed by atoms with Crippen LogP contribution in [0, 0.1) is 0 Å². The molecule has 0 spiro atoms. The lowest BCUT2D eigenvalue weighted by atomic mass is 10.1. The molecule has 1 amide bonds. The Labute approximate surface area is 165 Å². The summed E-state index contributed by atoms with van der Waals surface area (Å²) >= 11 is 1.57. The van der Waals surface area contributed by atoms with Crippen molar-refractivity contribution in [3.63, 3.8) is 0 Å². The second-order valence-electron chi connectivity index (χ2n) is 6.63. The lowest BCUT2D eigenvalue weighted by Gasteiger charge is -2.34. The summed E-state index contributed by atoms with van der Waals surface area (Å²) in [6.07, 6.45) is 0. The van der Waals surface area contributed by atoms with Crippen molar-refractivity contribution in [3.05, 3.63) is 47.1 Å². The molecule has 2 aliphatic heterocycles. The Morgan fingerprint density at radius 2 is 1.96 bits per heavy atom. The Hall–Kier alpha value is -2.91. The third kappa shape index (κ3) is 3.34. The normalized spacial score (nSPS) is 16.5. The van der Waals surface area contributed by atoms with Crippen molar-refractivity contribution in [1.82, 2.24) is 19.9 Å². The summed E-state index contributed by atoms with van der Waals surface area (Å²) in [6, 6.07) is 9.24. The summed E-state index contributed by atoms with van der Waals surface area (Å²) in [6.45, 7) is 3.65. The fourth-order valence-electron chi connectivity index (χ4n) is 3.34. The van der Waals surface area contributed by atoms with Crippen LogP contribution in [0.2, 0.25) is 0 Å². The van der Waals surface area contributed by atoms with E-state index < -0.39 is 0 Å². The van der Waals surface area contributed by atoms with Crippen molar-refractivity contribution < 1.29 is 18.8 Å². The number of thiophene rings is 1. The van der Waals surface area contributed by atoms with Gasteiger partial charge in [0.2, 0.25) is 6.79 Å². The molecule has 9 heteroatoms. The van der Waals surface area contributed by atoms with Gasteiger partial charge in [0.1, 0.15) is 0 Å². The van der Waals surface area contributed by atoms with Crippen LogP contribution in [-0.2, 0) is 6.54 Å². The largest absolute Gasteiger partial charge is 0.454 e. The van der Waals surface area contributed by atoms with E-state index in [0.29, 0.717) is 48.4 Å². The highest BCUT2D eigenvalue weighted by molar-refractivity contribution is 7.13. The molecule has 144 valence electrons. The molecule has 3 aromatic rings. The molecule has 5 rings (SSSR count). The summed E-state index contributed by atoms with van der Waals surface area (Å²) in [5.74, 6) is 2.55. The summed E-state index contributed by atoms with van der Waals surface area (Å²) in [7, 11) is 0. The van der Waals surface area contributed by atoms with Gasteiger partial charge in [0, 0.05) is 31.7 Å². The van der Waals surface area contributed by atoms with Crippen LogP contribution in [0.25, 0.3) is 10.8 Å². The Morgan fingerprint density at radius 1 is 1.11 bits per heavy atom. The Bertz CT molecular complexity index is 980. The van der Waals surface area contributed by atoms with Crippen LogP contribution in [0.15, 0.2) is 40.2 Å². The number of carbonyl (C=O) groups is 1. The minimum Gasteiger partial charge on any atom is -0.454 e. The highest BCUT2D eigenvalue weighted by Crippen LogP contribution is 2.33. The first-order chi connectivity index (χ1) is 13.8. The number of piperazine rings is 1. The molecule has 4 heterocycles. The van der Waals surface area contributed by atoms with Gasteiger partial charge in [0.15, 0.2) is 17.3 Å². The lowest BCUT2D eigenvalue weighted by Crippen LogP contribution is -2.48. The minimum atomic E-state index is 0.0116. The fraction of sp³-hybridized carbons (Fsp3) is 0.316. The molecule has 0 saturated carbocycles. The predicted molar refractivity (Wildman–Crippen MR) is 101 cm³/mol. The van der Waals surface area contributed by atoms with Crippen molar-refractivity contribution in [2.75, 3.05) is 33.0 Å². The molecule has 0 radical (unpaired) electrons. The number of nitrogens with zero attached hydrogens (tertiary/aromatic N) is 4. The molecule has 0 N–H and O–H groups in total. The van der Waals surface area contributed by atoms with Crippen LogP contribution in [0.3, 0.4) is 0 Å². The van der Waals surface area contributed by atoms with Crippen LogP contribution in [0.4, 0.5) is 0 Å². The Kier molecular flexibility index (Phi) is 4.46. The molecule has 1 aromatic carbocycles. The van der Waals surface area contributed by atoms with Crippen LogP contribution in [0.1, 0.15) is 16.2 Å². The first kappa shape index (κ1) is 17.2. The van der Waals surface area contributed by atoms with E-state index in [9.17, 15) is 4.79 Å². The van der Waals surface area contributed by atoms with Crippen molar-refractivity contribution in [1.29, 1.82) is 0 Å². The van der Waals surface area contributed by atoms with Gasteiger partial charge in [0.25, 0.3) is 11.8 Å². The average molecular weight is 398 g/mol. The number of amides is 1. The minimum absolute atomic E-state index is 0.0116. The maximum atomic E-state index is 12.8. The monoisotopic (exact) mass is 398 g/mol. The summed E-state index contributed by atoms with van der Waals surface area (Å²) in [5.41, 5.74) is 0.622. The molecule has 8 nitrogen and oxygen atoms in total. The Morgan fingerprint density at radius 3 is 2.79 bits per heavy atom. The van der Waals surface area contributed by atoms with Crippen LogP contribution in [0.5, 0.6) is 11.5 Å². The molecule has 28 heavy (non-hydrogen) atoms. The van der Waals surface area contributed by atoms with E-state index in [1.165, 1.54) is 0 Å². The average Bonchev–Trinajstić information content (AvgIpc) is 3.48. The maximum Gasteiger partial charge on any atom is 0.268 e. The summed E-state index contributed by atoms with van der Waals surface area (Å²) in [5, 5.41) is 6.06. The maximum absolute atomic E-state index is 12.8. The van der Waals surface area contributed by atoms with Crippen LogP contribution in [-0.4, -0.2) is 58.8 Å². The quantitative estimate of drug-likeness (QED) is 0.668. The SMILES string of the molecule is O=C(c1ccc2c(c1)OCO2)N1CCN(Cc2noc(-c3cccs3)n2)CC1. The number of fused-ring (bicyclic) bond motifs is 1. The summed E-state index contributed by atoms with van der Waals surface area (Å²) in [4.78, 5) is 22.3. The lowest BCUT2D eigenvalue weighted by molar-refractivity contribution is 0.0624.